The van der Waals surface area contributed by atoms with Crippen LogP contribution in [0.2, 0.25) is 0 Å². The monoisotopic (exact) mass is 421 g/mol. The first-order valence-corrected chi connectivity index (χ1v) is 10.2. The van der Waals surface area contributed by atoms with Gasteiger partial charge in [-0.05, 0) is 23.0 Å². The van der Waals surface area contributed by atoms with E-state index in [1.54, 1.807) is 18.7 Å². The van der Waals surface area contributed by atoms with Gasteiger partial charge in [-0.25, -0.2) is 9.50 Å². The molecule has 0 radical (unpaired) electrons. The van der Waals surface area contributed by atoms with E-state index < -0.39 is 0 Å². The van der Waals surface area contributed by atoms with E-state index in [9.17, 15) is 0 Å². The fourth-order valence-electron chi connectivity index (χ4n) is 3.25. The largest absolute Gasteiger partial charge is 0.496 e. The van der Waals surface area contributed by atoms with Gasteiger partial charge in [0.1, 0.15) is 22.8 Å². The van der Waals surface area contributed by atoms with E-state index in [1.807, 2.05) is 42.6 Å². The van der Waals surface area contributed by atoms with Crippen LogP contribution in [0.4, 0.5) is 0 Å². The smallest absolute Gasteiger partial charge is 0.294 e. The third kappa shape index (κ3) is 3.46. The summed E-state index contributed by atoms with van der Waals surface area (Å²) < 4.78 is 24.4. The predicted molar refractivity (Wildman–Crippen MR) is 115 cm³/mol. The lowest BCUT2D eigenvalue weighted by atomic mass is 10.2. The van der Waals surface area contributed by atoms with Crippen molar-refractivity contribution in [2.24, 2.45) is 0 Å². The van der Waals surface area contributed by atoms with Crippen LogP contribution >= 0.6 is 11.3 Å². The Labute approximate surface area is 176 Å². The van der Waals surface area contributed by atoms with Gasteiger partial charge in [0.2, 0.25) is 4.96 Å². The molecule has 0 aliphatic carbocycles. The standard InChI is InChI=1S/C22H19N3O4S/c1-26-15-10-18(28-9-8-14-6-4-3-5-7-14)16-12-20(29-19(16)11-15)17-13-25-21(23-17)30-22(24-25)27-2/h3-7,10-13H,8-9H2,1-2H3. The Morgan fingerprint density at radius 1 is 1.07 bits per heavy atom. The summed E-state index contributed by atoms with van der Waals surface area (Å²) >= 11 is 1.37. The SMILES string of the molecule is COc1cc(OCCc2ccccc2)c2cc(-c3cn4nc(OC)sc4n3)oc2c1. The summed E-state index contributed by atoms with van der Waals surface area (Å²) in [5.41, 5.74) is 2.60. The van der Waals surface area contributed by atoms with Crippen LogP contribution in [0.1, 0.15) is 5.56 Å². The van der Waals surface area contributed by atoms with Gasteiger partial charge in [0.25, 0.3) is 5.19 Å². The van der Waals surface area contributed by atoms with Gasteiger partial charge in [0, 0.05) is 18.6 Å². The summed E-state index contributed by atoms with van der Waals surface area (Å²) in [7, 11) is 3.21. The minimum absolute atomic E-state index is 0.552. The van der Waals surface area contributed by atoms with E-state index in [2.05, 4.69) is 22.2 Å². The summed E-state index contributed by atoms with van der Waals surface area (Å²) in [5, 5.41) is 5.75. The molecule has 30 heavy (non-hydrogen) atoms. The molecule has 152 valence electrons. The lowest BCUT2D eigenvalue weighted by Crippen LogP contribution is -2.01. The maximum absolute atomic E-state index is 6.10. The van der Waals surface area contributed by atoms with Gasteiger partial charge < -0.3 is 18.6 Å². The Morgan fingerprint density at radius 2 is 1.93 bits per heavy atom. The summed E-state index contributed by atoms with van der Waals surface area (Å²) in [6.45, 7) is 0.552. The lowest BCUT2D eigenvalue weighted by Gasteiger charge is -2.09. The van der Waals surface area contributed by atoms with Crippen LogP contribution in [0.5, 0.6) is 16.7 Å². The number of hydrogen-bond donors (Lipinski definition) is 0. The van der Waals surface area contributed by atoms with Crippen molar-refractivity contribution in [2.45, 2.75) is 6.42 Å². The molecule has 3 aromatic heterocycles. The lowest BCUT2D eigenvalue weighted by molar-refractivity contribution is 0.322. The van der Waals surface area contributed by atoms with Crippen molar-refractivity contribution in [3.05, 3.63) is 60.3 Å². The number of imidazole rings is 1. The maximum atomic E-state index is 6.10. The molecule has 0 saturated heterocycles. The Bertz CT molecular complexity index is 1270. The second kappa shape index (κ2) is 7.72. The van der Waals surface area contributed by atoms with E-state index in [1.165, 1.54) is 16.9 Å². The zero-order valence-electron chi connectivity index (χ0n) is 16.5. The number of furan rings is 1. The number of ether oxygens (including phenoxy) is 3. The minimum Gasteiger partial charge on any atom is -0.496 e. The fraction of sp³-hybridized carbons (Fsp3) is 0.182. The molecule has 7 nitrogen and oxygen atoms in total. The van der Waals surface area contributed by atoms with Crippen LogP contribution in [0.15, 0.2) is 59.1 Å². The number of benzene rings is 2. The average Bonchev–Trinajstić information content (AvgIpc) is 3.46. The fourth-order valence-corrected chi connectivity index (χ4v) is 3.95. The normalized spacial score (nSPS) is 11.3. The van der Waals surface area contributed by atoms with Gasteiger partial charge >= 0.3 is 0 Å². The molecule has 0 fully saturated rings. The molecule has 5 rings (SSSR count). The van der Waals surface area contributed by atoms with Crippen LogP contribution in [0, 0.1) is 0 Å². The molecule has 0 aliphatic rings. The maximum Gasteiger partial charge on any atom is 0.294 e. The minimum atomic E-state index is 0.552. The van der Waals surface area contributed by atoms with Gasteiger partial charge in [-0.2, -0.15) is 0 Å². The highest BCUT2D eigenvalue weighted by atomic mass is 32.1. The van der Waals surface area contributed by atoms with Crippen molar-refractivity contribution in [1.29, 1.82) is 0 Å². The molecule has 0 saturated carbocycles. The molecule has 0 bridgehead atoms. The number of methoxy groups -OCH3 is 2. The molecule has 0 aliphatic heterocycles. The van der Waals surface area contributed by atoms with Gasteiger partial charge in [-0.1, -0.05) is 30.3 Å². The van der Waals surface area contributed by atoms with Crippen LogP contribution in [0.3, 0.4) is 0 Å². The third-order valence-corrected chi connectivity index (χ3v) is 5.64. The second-order valence-corrected chi connectivity index (χ2v) is 7.58. The highest BCUT2D eigenvalue weighted by Gasteiger charge is 2.17. The first-order valence-electron chi connectivity index (χ1n) is 9.42. The zero-order chi connectivity index (χ0) is 20.5. The highest BCUT2D eigenvalue weighted by molar-refractivity contribution is 7.18. The Kier molecular flexibility index (Phi) is 4.76. The summed E-state index contributed by atoms with van der Waals surface area (Å²) in [5.74, 6) is 2.04. The van der Waals surface area contributed by atoms with Gasteiger partial charge in [-0.3, -0.25) is 0 Å². The van der Waals surface area contributed by atoms with Crippen LogP contribution in [-0.4, -0.2) is 35.4 Å². The Morgan fingerprint density at radius 3 is 2.70 bits per heavy atom. The highest BCUT2D eigenvalue weighted by Crippen LogP contribution is 2.37. The average molecular weight is 421 g/mol. The number of hydrogen-bond acceptors (Lipinski definition) is 7. The zero-order valence-corrected chi connectivity index (χ0v) is 17.3. The Hall–Kier alpha value is -3.52. The molecular formula is C22H19N3O4S. The second-order valence-electron chi connectivity index (χ2n) is 6.66. The molecule has 2 aromatic carbocycles. The predicted octanol–water partition coefficient (Wildman–Crippen LogP) is 4.84. The number of rotatable bonds is 7. The van der Waals surface area contributed by atoms with E-state index in [4.69, 9.17) is 18.6 Å². The van der Waals surface area contributed by atoms with Crippen molar-refractivity contribution in [1.82, 2.24) is 14.6 Å². The molecule has 0 N–H and O–H groups in total. The molecule has 0 amide bonds. The van der Waals surface area contributed by atoms with E-state index >= 15 is 0 Å². The molecule has 0 spiro atoms. The van der Waals surface area contributed by atoms with E-state index in [0.29, 0.717) is 34.6 Å². The number of aromatic nitrogens is 3. The molecule has 5 aromatic rings. The summed E-state index contributed by atoms with van der Waals surface area (Å²) in [6.07, 6.45) is 2.63. The van der Waals surface area contributed by atoms with E-state index in [-0.39, 0.29) is 0 Å². The molecular weight excluding hydrogens is 402 g/mol. The topological polar surface area (TPSA) is 71.0 Å². The molecule has 0 unspecified atom stereocenters. The van der Waals surface area contributed by atoms with Crippen LogP contribution < -0.4 is 14.2 Å². The first-order chi connectivity index (χ1) is 14.7. The van der Waals surface area contributed by atoms with Gasteiger partial charge in [-0.15, -0.1) is 5.10 Å². The van der Waals surface area contributed by atoms with Gasteiger partial charge in [0.15, 0.2) is 5.76 Å². The van der Waals surface area contributed by atoms with E-state index in [0.717, 1.165) is 22.5 Å². The van der Waals surface area contributed by atoms with Gasteiger partial charge in [0.05, 0.1) is 32.4 Å². The van der Waals surface area contributed by atoms with Crippen molar-refractivity contribution < 1.29 is 18.6 Å². The molecule has 3 heterocycles. The molecule has 8 heteroatoms. The van der Waals surface area contributed by atoms with Crippen LogP contribution in [-0.2, 0) is 6.42 Å². The number of nitrogens with zero attached hydrogens (tertiary/aromatic N) is 3. The van der Waals surface area contributed by atoms with Crippen molar-refractivity contribution in [2.75, 3.05) is 20.8 Å². The van der Waals surface area contributed by atoms with Crippen molar-refractivity contribution >= 4 is 27.3 Å². The third-order valence-electron chi connectivity index (χ3n) is 4.75. The first kappa shape index (κ1) is 18.5. The number of fused-ring (bicyclic) bond motifs is 2. The Balaban J connectivity index is 1.45. The van der Waals surface area contributed by atoms with Crippen LogP contribution in [0.25, 0.3) is 27.4 Å². The molecule has 0 atom stereocenters. The van der Waals surface area contributed by atoms with Crippen molar-refractivity contribution in [3.63, 3.8) is 0 Å². The quantitative estimate of drug-likeness (QED) is 0.374. The summed E-state index contributed by atoms with van der Waals surface area (Å²) in [4.78, 5) is 5.33. The summed E-state index contributed by atoms with van der Waals surface area (Å²) in [6, 6.07) is 15.9. The van der Waals surface area contributed by atoms with Crippen molar-refractivity contribution in [3.8, 4) is 28.1 Å².